The van der Waals surface area contributed by atoms with Crippen LogP contribution in [0.5, 0.6) is 11.5 Å². The van der Waals surface area contributed by atoms with Crippen molar-refractivity contribution in [3.8, 4) is 11.5 Å². The third kappa shape index (κ3) is 4.60. The smallest absolute Gasteiger partial charge is 0.293 e. The first kappa shape index (κ1) is 18.5. The van der Waals surface area contributed by atoms with Crippen molar-refractivity contribution < 1.29 is 22.8 Å². The fourth-order valence-electron chi connectivity index (χ4n) is 2.08. The minimum absolute atomic E-state index is 0.195. The lowest BCUT2D eigenvalue weighted by molar-refractivity contribution is -0.387. The van der Waals surface area contributed by atoms with E-state index in [9.17, 15) is 18.5 Å². The van der Waals surface area contributed by atoms with Gasteiger partial charge in [0.05, 0.1) is 24.2 Å². The van der Waals surface area contributed by atoms with Crippen LogP contribution in [0.15, 0.2) is 47.4 Å². The van der Waals surface area contributed by atoms with Gasteiger partial charge >= 0.3 is 0 Å². The van der Waals surface area contributed by atoms with E-state index in [4.69, 9.17) is 9.47 Å². The van der Waals surface area contributed by atoms with Gasteiger partial charge in [-0.1, -0.05) is 0 Å². The minimum Gasteiger partial charge on any atom is -0.497 e. The van der Waals surface area contributed by atoms with Crippen LogP contribution in [0.1, 0.15) is 13.8 Å². The van der Waals surface area contributed by atoms with E-state index >= 15 is 0 Å². The summed E-state index contributed by atoms with van der Waals surface area (Å²) in [6, 6.07) is 9.79. The van der Waals surface area contributed by atoms with E-state index in [1.807, 2.05) is 0 Å². The Bertz CT molecular complexity index is 863. The zero-order valence-electron chi connectivity index (χ0n) is 13.9. The van der Waals surface area contributed by atoms with E-state index in [1.165, 1.54) is 25.3 Å². The highest BCUT2D eigenvalue weighted by atomic mass is 32.2. The van der Waals surface area contributed by atoms with Crippen LogP contribution in [0.25, 0.3) is 0 Å². The molecule has 8 nitrogen and oxygen atoms in total. The molecule has 0 saturated heterocycles. The molecule has 0 aliphatic heterocycles. The maximum atomic E-state index is 12.5. The molecule has 0 radical (unpaired) electrons. The van der Waals surface area contributed by atoms with Crippen LogP contribution in [0.3, 0.4) is 0 Å². The Morgan fingerprint density at radius 2 is 1.68 bits per heavy atom. The Morgan fingerprint density at radius 1 is 1.08 bits per heavy atom. The predicted octanol–water partition coefficient (Wildman–Crippen LogP) is 3.19. The SMILES string of the molecule is COc1ccc(NS(=O)(=O)c2ccc(OC(C)C)cc2[N+](=O)[O-])cc1. The van der Waals surface area contributed by atoms with Gasteiger partial charge in [-0.25, -0.2) is 8.42 Å². The second-order valence-corrected chi connectivity index (χ2v) is 7.04. The topological polar surface area (TPSA) is 108 Å². The number of hydrogen-bond donors (Lipinski definition) is 1. The van der Waals surface area contributed by atoms with Gasteiger partial charge in [-0.2, -0.15) is 0 Å². The van der Waals surface area contributed by atoms with Gasteiger partial charge in [0.2, 0.25) is 0 Å². The molecule has 9 heteroatoms. The molecule has 0 aliphatic carbocycles. The molecular formula is C16H18N2O6S. The Kier molecular flexibility index (Phi) is 5.48. The summed E-state index contributed by atoms with van der Waals surface area (Å²) in [7, 11) is -2.65. The van der Waals surface area contributed by atoms with Crippen molar-refractivity contribution in [2.24, 2.45) is 0 Å². The van der Waals surface area contributed by atoms with Gasteiger partial charge in [-0.3, -0.25) is 14.8 Å². The molecule has 0 unspecified atom stereocenters. The van der Waals surface area contributed by atoms with Gasteiger partial charge < -0.3 is 9.47 Å². The molecule has 2 rings (SSSR count). The van der Waals surface area contributed by atoms with Crippen LogP contribution < -0.4 is 14.2 Å². The number of ether oxygens (including phenoxy) is 2. The molecule has 0 heterocycles. The predicted molar refractivity (Wildman–Crippen MR) is 92.7 cm³/mol. The highest BCUT2D eigenvalue weighted by molar-refractivity contribution is 7.92. The Labute approximate surface area is 145 Å². The molecule has 2 aromatic carbocycles. The summed E-state index contributed by atoms with van der Waals surface area (Å²) in [5.41, 5.74) is -0.295. The number of hydrogen-bond acceptors (Lipinski definition) is 6. The Balaban J connectivity index is 2.38. The first-order valence-electron chi connectivity index (χ1n) is 7.35. The average molecular weight is 366 g/mol. The van der Waals surface area contributed by atoms with Crippen molar-refractivity contribution in [2.45, 2.75) is 24.8 Å². The largest absolute Gasteiger partial charge is 0.497 e. The second-order valence-electron chi connectivity index (χ2n) is 5.39. The van der Waals surface area contributed by atoms with E-state index in [1.54, 1.807) is 26.0 Å². The third-order valence-corrected chi connectivity index (χ3v) is 4.56. The number of nitro benzene ring substituents is 1. The maximum Gasteiger partial charge on any atom is 0.293 e. The standard InChI is InChI=1S/C16H18N2O6S/c1-11(2)24-14-8-9-16(15(10-14)18(19)20)25(21,22)17-12-4-6-13(23-3)7-5-12/h4-11,17H,1-3H3. The van der Waals surface area contributed by atoms with Crippen molar-refractivity contribution in [1.82, 2.24) is 0 Å². The van der Waals surface area contributed by atoms with Crippen LogP contribution in [0.2, 0.25) is 0 Å². The Hall–Kier alpha value is -2.81. The molecular weight excluding hydrogens is 348 g/mol. The molecule has 0 amide bonds. The van der Waals surface area contributed by atoms with E-state index in [0.717, 1.165) is 12.1 Å². The van der Waals surface area contributed by atoms with E-state index < -0.39 is 25.5 Å². The van der Waals surface area contributed by atoms with Crippen LogP contribution in [0.4, 0.5) is 11.4 Å². The van der Waals surface area contributed by atoms with Crippen molar-refractivity contribution in [3.63, 3.8) is 0 Å². The fraction of sp³-hybridized carbons (Fsp3) is 0.250. The van der Waals surface area contributed by atoms with Crippen molar-refractivity contribution in [3.05, 3.63) is 52.6 Å². The normalized spacial score (nSPS) is 11.2. The van der Waals surface area contributed by atoms with Crippen LogP contribution in [-0.4, -0.2) is 26.6 Å². The number of methoxy groups -OCH3 is 1. The first-order valence-corrected chi connectivity index (χ1v) is 8.83. The lowest BCUT2D eigenvalue weighted by atomic mass is 10.3. The van der Waals surface area contributed by atoms with Crippen molar-refractivity contribution in [2.75, 3.05) is 11.8 Å². The third-order valence-electron chi connectivity index (χ3n) is 3.13. The molecule has 2 aromatic rings. The number of nitrogens with zero attached hydrogens (tertiary/aromatic N) is 1. The van der Waals surface area contributed by atoms with Crippen LogP contribution in [0, 0.1) is 10.1 Å². The maximum absolute atomic E-state index is 12.5. The zero-order valence-corrected chi connectivity index (χ0v) is 14.7. The number of benzene rings is 2. The highest BCUT2D eigenvalue weighted by Crippen LogP contribution is 2.30. The Morgan fingerprint density at radius 3 is 2.20 bits per heavy atom. The van der Waals surface area contributed by atoms with Crippen LogP contribution >= 0.6 is 0 Å². The average Bonchev–Trinajstić information content (AvgIpc) is 2.54. The minimum atomic E-state index is -4.14. The van der Waals surface area contributed by atoms with Crippen molar-refractivity contribution in [1.29, 1.82) is 0 Å². The summed E-state index contributed by atoms with van der Waals surface area (Å²) >= 11 is 0. The quantitative estimate of drug-likeness (QED) is 0.595. The molecule has 0 aromatic heterocycles. The number of rotatable bonds is 7. The molecule has 25 heavy (non-hydrogen) atoms. The molecule has 1 N–H and O–H groups in total. The zero-order chi connectivity index (χ0) is 18.6. The lowest BCUT2D eigenvalue weighted by Crippen LogP contribution is -2.15. The number of sulfonamides is 1. The summed E-state index contributed by atoms with van der Waals surface area (Å²) in [5.74, 6) is 0.786. The number of nitro groups is 1. The fourth-order valence-corrected chi connectivity index (χ4v) is 3.29. The molecule has 0 atom stereocenters. The molecule has 0 fully saturated rings. The number of anilines is 1. The van der Waals surface area contributed by atoms with E-state index in [2.05, 4.69) is 4.72 Å². The summed E-state index contributed by atoms with van der Waals surface area (Å²) < 4.78 is 37.7. The van der Waals surface area contributed by atoms with Gasteiger partial charge in [0.15, 0.2) is 4.90 Å². The first-order chi connectivity index (χ1) is 11.7. The van der Waals surface area contributed by atoms with Gasteiger partial charge in [0.1, 0.15) is 11.5 Å². The van der Waals surface area contributed by atoms with Gasteiger partial charge in [0.25, 0.3) is 15.7 Å². The van der Waals surface area contributed by atoms with Crippen LogP contribution in [-0.2, 0) is 10.0 Å². The van der Waals surface area contributed by atoms with E-state index in [-0.39, 0.29) is 17.5 Å². The van der Waals surface area contributed by atoms with E-state index in [0.29, 0.717) is 5.75 Å². The molecule has 134 valence electrons. The van der Waals surface area contributed by atoms with Gasteiger partial charge in [0, 0.05) is 5.69 Å². The summed E-state index contributed by atoms with van der Waals surface area (Å²) in [5, 5.41) is 11.3. The van der Waals surface area contributed by atoms with Gasteiger partial charge in [-0.05, 0) is 50.2 Å². The number of nitrogens with one attached hydrogen (secondary N) is 1. The summed E-state index contributed by atoms with van der Waals surface area (Å²) in [6.45, 7) is 3.53. The molecule has 0 spiro atoms. The van der Waals surface area contributed by atoms with Gasteiger partial charge in [-0.15, -0.1) is 0 Å². The summed E-state index contributed by atoms with van der Waals surface area (Å²) in [4.78, 5) is 10.1. The molecule has 0 saturated carbocycles. The van der Waals surface area contributed by atoms with Crippen molar-refractivity contribution >= 4 is 21.4 Å². The highest BCUT2D eigenvalue weighted by Gasteiger charge is 2.27. The molecule has 0 aliphatic rings. The lowest BCUT2D eigenvalue weighted by Gasteiger charge is -2.12. The second kappa shape index (κ2) is 7.39. The monoisotopic (exact) mass is 366 g/mol. The molecule has 0 bridgehead atoms. The summed E-state index contributed by atoms with van der Waals surface area (Å²) in [6.07, 6.45) is -0.195.